The number of hydrogen-bond donors (Lipinski definition) is 0. The molecule has 3 atom stereocenters. The molecule has 0 heterocycles. The van der Waals surface area contributed by atoms with Gasteiger partial charge in [-0.3, -0.25) is 0 Å². The Balaban J connectivity index is 2.45. The first-order chi connectivity index (χ1) is 9.55. The maximum Gasteiger partial charge on any atom is 0.0736 e. The Labute approximate surface area is 125 Å². The topological polar surface area (TPSA) is 33.0 Å². The average Bonchev–Trinajstić information content (AvgIpc) is 2.46. The van der Waals surface area contributed by atoms with Crippen LogP contribution in [0.15, 0.2) is 0 Å². The molecule has 1 saturated carbocycles. The molecule has 0 radical (unpaired) electrons. The van der Waals surface area contributed by atoms with Gasteiger partial charge in [-0.1, -0.05) is 53.4 Å². The van der Waals surface area contributed by atoms with E-state index in [9.17, 15) is 5.26 Å². The smallest absolute Gasteiger partial charge is 0.0736 e. The van der Waals surface area contributed by atoms with E-state index < -0.39 is 0 Å². The summed E-state index contributed by atoms with van der Waals surface area (Å²) in [4.78, 5) is 0. The molecule has 20 heavy (non-hydrogen) atoms. The summed E-state index contributed by atoms with van der Waals surface area (Å²) in [6.07, 6.45) is 9.61. The first-order valence-corrected chi connectivity index (χ1v) is 8.56. The van der Waals surface area contributed by atoms with Gasteiger partial charge in [-0.05, 0) is 37.0 Å². The third-order valence-electron chi connectivity index (χ3n) is 5.30. The summed E-state index contributed by atoms with van der Waals surface area (Å²) < 4.78 is 6.08. The van der Waals surface area contributed by atoms with Crippen molar-refractivity contribution in [3.63, 3.8) is 0 Å². The predicted octanol–water partition coefficient (Wildman–Crippen LogP) is 5.33. The van der Waals surface area contributed by atoms with E-state index in [0.29, 0.717) is 11.3 Å². The maximum absolute atomic E-state index is 9.32. The highest BCUT2D eigenvalue weighted by Gasteiger charge is 2.37. The summed E-state index contributed by atoms with van der Waals surface area (Å²) in [5.41, 5.74) is 0.379. The minimum Gasteiger partial charge on any atom is -0.377 e. The molecule has 1 aliphatic rings. The second-order valence-electron chi connectivity index (χ2n) is 7.06. The molecule has 0 aromatic heterocycles. The highest BCUT2D eigenvalue weighted by Crippen LogP contribution is 2.42. The summed E-state index contributed by atoms with van der Waals surface area (Å²) in [5.74, 6) is 0.822. The van der Waals surface area contributed by atoms with Crippen LogP contribution in [-0.2, 0) is 4.74 Å². The SMILES string of the molecule is CCCCCCOC1CC(C(C)(C)CC)CCC1C#N. The summed E-state index contributed by atoms with van der Waals surface area (Å²) in [6.45, 7) is 10.1. The number of hydrogen-bond acceptors (Lipinski definition) is 2. The molecule has 0 aromatic carbocycles. The summed E-state index contributed by atoms with van der Waals surface area (Å²) in [5, 5.41) is 9.32. The zero-order chi connectivity index (χ0) is 15.0. The van der Waals surface area contributed by atoms with Crippen molar-refractivity contribution in [2.75, 3.05) is 6.61 Å². The quantitative estimate of drug-likeness (QED) is 0.563. The van der Waals surface area contributed by atoms with Crippen molar-refractivity contribution in [3.8, 4) is 6.07 Å². The average molecular weight is 279 g/mol. The fraction of sp³-hybridized carbons (Fsp3) is 0.944. The van der Waals surface area contributed by atoms with E-state index in [1.165, 1.54) is 32.1 Å². The van der Waals surface area contributed by atoms with E-state index >= 15 is 0 Å². The molecule has 2 nitrogen and oxygen atoms in total. The zero-order valence-corrected chi connectivity index (χ0v) is 14.0. The van der Waals surface area contributed by atoms with Crippen LogP contribution in [0, 0.1) is 28.6 Å². The highest BCUT2D eigenvalue weighted by atomic mass is 16.5. The Hall–Kier alpha value is -0.550. The van der Waals surface area contributed by atoms with Gasteiger partial charge in [0.25, 0.3) is 0 Å². The van der Waals surface area contributed by atoms with E-state index in [1.807, 2.05) is 0 Å². The second-order valence-corrected chi connectivity index (χ2v) is 7.06. The van der Waals surface area contributed by atoms with Crippen molar-refractivity contribution in [2.24, 2.45) is 17.3 Å². The van der Waals surface area contributed by atoms with Crippen LogP contribution in [0.4, 0.5) is 0 Å². The van der Waals surface area contributed by atoms with Crippen molar-refractivity contribution in [2.45, 2.75) is 85.2 Å². The third kappa shape index (κ3) is 5.09. The fourth-order valence-electron chi connectivity index (χ4n) is 3.22. The molecule has 0 aliphatic heterocycles. The Morgan fingerprint density at radius 1 is 1.15 bits per heavy atom. The molecule has 116 valence electrons. The van der Waals surface area contributed by atoms with E-state index in [0.717, 1.165) is 25.9 Å². The van der Waals surface area contributed by atoms with Crippen LogP contribution in [-0.4, -0.2) is 12.7 Å². The van der Waals surface area contributed by atoms with Crippen molar-refractivity contribution in [1.29, 1.82) is 5.26 Å². The van der Waals surface area contributed by atoms with E-state index in [2.05, 4.69) is 33.8 Å². The minimum atomic E-state index is 0.116. The monoisotopic (exact) mass is 279 g/mol. The van der Waals surface area contributed by atoms with Gasteiger partial charge in [0.1, 0.15) is 0 Å². The molecular weight excluding hydrogens is 246 g/mol. The van der Waals surface area contributed by atoms with Gasteiger partial charge in [0.15, 0.2) is 0 Å². The van der Waals surface area contributed by atoms with Gasteiger partial charge in [-0.25, -0.2) is 0 Å². The van der Waals surface area contributed by atoms with E-state index in [-0.39, 0.29) is 12.0 Å². The molecule has 1 rings (SSSR count). The lowest BCUT2D eigenvalue weighted by molar-refractivity contribution is -0.0324. The third-order valence-corrected chi connectivity index (χ3v) is 5.30. The molecule has 0 amide bonds. The van der Waals surface area contributed by atoms with Gasteiger partial charge in [-0.15, -0.1) is 0 Å². The van der Waals surface area contributed by atoms with Gasteiger partial charge in [0.2, 0.25) is 0 Å². The molecule has 3 unspecified atom stereocenters. The predicted molar refractivity (Wildman–Crippen MR) is 84.4 cm³/mol. The fourth-order valence-corrected chi connectivity index (χ4v) is 3.22. The van der Waals surface area contributed by atoms with E-state index in [4.69, 9.17) is 4.74 Å². The van der Waals surface area contributed by atoms with Crippen molar-refractivity contribution < 1.29 is 4.74 Å². The van der Waals surface area contributed by atoms with Crippen LogP contribution < -0.4 is 0 Å². The number of nitriles is 1. The van der Waals surface area contributed by atoms with Gasteiger partial charge in [0, 0.05) is 6.61 Å². The Morgan fingerprint density at radius 2 is 1.90 bits per heavy atom. The molecule has 1 aliphatic carbocycles. The standard InChI is InChI=1S/C18H33NO/c1-5-7-8-9-12-20-17-13-16(18(3,4)6-2)11-10-15(17)14-19/h15-17H,5-13H2,1-4H3. The molecule has 1 fully saturated rings. The van der Waals surface area contributed by atoms with Crippen molar-refractivity contribution >= 4 is 0 Å². The number of ether oxygens (including phenoxy) is 1. The minimum absolute atomic E-state index is 0.116. The Bertz CT molecular complexity index is 305. The van der Waals surface area contributed by atoms with Crippen LogP contribution in [0.2, 0.25) is 0 Å². The molecule has 0 aromatic rings. The van der Waals surface area contributed by atoms with Crippen LogP contribution in [0.3, 0.4) is 0 Å². The second kappa shape index (κ2) is 8.67. The zero-order valence-electron chi connectivity index (χ0n) is 14.0. The lowest BCUT2D eigenvalue weighted by atomic mass is 9.67. The summed E-state index contributed by atoms with van der Waals surface area (Å²) in [7, 11) is 0. The maximum atomic E-state index is 9.32. The largest absolute Gasteiger partial charge is 0.377 e. The molecule has 2 heteroatoms. The molecule has 0 saturated heterocycles. The van der Waals surface area contributed by atoms with Crippen LogP contribution in [0.1, 0.15) is 79.1 Å². The van der Waals surface area contributed by atoms with Crippen molar-refractivity contribution in [1.82, 2.24) is 0 Å². The summed E-state index contributed by atoms with van der Waals surface area (Å²) in [6, 6.07) is 2.47. The normalized spacial score (nSPS) is 27.2. The molecule has 0 spiro atoms. The van der Waals surface area contributed by atoms with Gasteiger partial charge in [0.05, 0.1) is 18.1 Å². The number of nitrogens with zero attached hydrogens (tertiary/aromatic N) is 1. The van der Waals surface area contributed by atoms with Gasteiger partial charge in [-0.2, -0.15) is 5.26 Å². The first-order valence-electron chi connectivity index (χ1n) is 8.56. The Morgan fingerprint density at radius 3 is 2.50 bits per heavy atom. The van der Waals surface area contributed by atoms with Crippen LogP contribution in [0.25, 0.3) is 0 Å². The lowest BCUT2D eigenvalue weighted by Gasteiger charge is -2.41. The molecule has 0 bridgehead atoms. The summed E-state index contributed by atoms with van der Waals surface area (Å²) >= 11 is 0. The first kappa shape index (κ1) is 17.5. The van der Waals surface area contributed by atoms with Crippen LogP contribution in [0.5, 0.6) is 0 Å². The number of rotatable bonds is 8. The van der Waals surface area contributed by atoms with Gasteiger partial charge >= 0.3 is 0 Å². The molecule has 0 N–H and O–H groups in total. The van der Waals surface area contributed by atoms with Crippen molar-refractivity contribution in [3.05, 3.63) is 0 Å². The van der Waals surface area contributed by atoms with Gasteiger partial charge < -0.3 is 4.74 Å². The van der Waals surface area contributed by atoms with E-state index in [1.54, 1.807) is 0 Å². The lowest BCUT2D eigenvalue weighted by Crippen LogP contribution is -2.37. The Kier molecular flexibility index (Phi) is 7.59. The van der Waals surface area contributed by atoms with Crippen LogP contribution >= 0.6 is 0 Å². The number of unbranched alkanes of at least 4 members (excludes halogenated alkanes) is 3. The highest BCUT2D eigenvalue weighted by molar-refractivity contribution is 4.96. The molecular formula is C18H33NO.